The summed E-state index contributed by atoms with van der Waals surface area (Å²) >= 11 is 0. The van der Waals surface area contributed by atoms with E-state index in [1.807, 2.05) is 18.2 Å². The minimum Gasteiger partial charge on any atom is -0.427 e. The first-order chi connectivity index (χ1) is 7.33. The Balaban J connectivity index is 2.22. The van der Waals surface area contributed by atoms with Crippen molar-refractivity contribution in [3.63, 3.8) is 0 Å². The lowest BCUT2D eigenvalue weighted by Gasteiger charge is -2.02. The molecule has 0 fully saturated rings. The van der Waals surface area contributed by atoms with Gasteiger partial charge in [-0.05, 0) is 25.0 Å². The van der Waals surface area contributed by atoms with Gasteiger partial charge >= 0.3 is 5.97 Å². The van der Waals surface area contributed by atoms with Crippen molar-refractivity contribution < 1.29 is 14.3 Å². The van der Waals surface area contributed by atoms with Gasteiger partial charge in [-0.1, -0.05) is 18.2 Å². The highest BCUT2D eigenvalue weighted by Crippen LogP contribution is 2.10. The largest absolute Gasteiger partial charge is 0.427 e. The monoisotopic (exact) mass is 206 g/mol. The van der Waals surface area contributed by atoms with Crippen LogP contribution in [0.2, 0.25) is 0 Å². The Kier molecular flexibility index (Phi) is 5.15. The lowest BCUT2D eigenvalue weighted by atomic mass is 10.2. The Morgan fingerprint density at radius 2 is 1.93 bits per heavy atom. The van der Waals surface area contributed by atoms with Gasteiger partial charge in [0.05, 0.1) is 0 Å². The SMILES string of the molecule is O=CCCCCC(=O)Oc1ccccc1. The van der Waals surface area contributed by atoms with Gasteiger partial charge in [0, 0.05) is 12.8 Å². The van der Waals surface area contributed by atoms with Crippen LogP contribution in [-0.4, -0.2) is 12.3 Å². The van der Waals surface area contributed by atoms with E-state index in [2.05, 4.69) is 0 Å². The van der Waals surface area contributed by atoms with E-state index in [0.717, 1.165) is 12.7 Å². The summed E-state index contributed by atoms with van der Waals surface area (Å²) in [6, 6.07) is 8.97. The van der Waals surface area contributed by atoms with E-state index in [-0.39, 0.29) is 5.97 Å². The number of carbonyl (C=O) groups excluding carboxylic acids is 2. The Labute approximate surface area is 89.1 Å². The van der Waals surface area contributed by atoms with Crippen LogP contribution in [0.1, 0.15) is 25.7 Å². The molecule has 0 N–H and O–H groups in total. The number of unbranched alkanes of at least 4 members (excludes halogenated alkanes) is 2. The number of para-hydroxylation sites is 1. The normalized spacial score (nSPS) is 9.60. The topological polar surface area (TPSA) is 43.4 Å². The molecular formula is C12H14O3. The molecule has 1 aromatic carbocycles. The summed E-state index contributed by atoms with van der Waals surface area (Å²) in [6.07, 6.45) is 3.18. The molecule has 0 aromatic heterocycles. The first-order valence-electron chi connectivity index (χ1n) is 5.02. The average molecular weight is 206 g/mol. The maximum atomic E-state index is 11.3. The highest BCUT2D eigenvalue weighted by atomic mass is 16.5. The molecule has 0 unspecified atom stereocenters. The van der Waals surface area contributed by atoms with Crippen molar-refractivity contribution in [2.75, 3.05) is 0 Å². The molecule has 3 heteroatoms. The van der Waals surface area contributed by atoms with Gasteiger partial charge in [-0.2, -0.15) is 0 Å². The zero-order valence-corrected chi connectivity index (χ0v) is 8.52. The van der Waals surface area contributed by atoms with Crippen LogP contribution in [-0.2, 0) is 9.59 Å². The number of aldehydes is 1. The lowest BCUT2D eigenvalue weighted by molar-refractivity contribution is -0.134. The average Bonchev–Trinajstić information content (AvgIpc) is 2.26. The van der Waals surface area contributed by atoms with Crippen LogP contribution in [0.3, 0.4) is 0 Å². The molecule has 0 heterocycles. The van der Waals surface area contributed by atoms with Gasteiger partial charge in [0.15, 0.2) is 0 Å². The molecule has 3 nitrogen and oxygen atoms in total. The Morgan fingerprint density at radius 1 is 1.20 bits per heavy atom. The highest BCUT2D eigenvalue weighted by molar-refractivity contribution is 5.72. The van der Waals surface area contributed by atoms with Crippen molar-refractivity contribution in [1.82, 2.24) is 0 Å². The third-order valence-corrected chi connectivity index (χ3v) is 1.93. The number of hydrogen-bond donors (Lipinski definition) is 0. The molecule has 0 amide bonds. The van der Waals surface area contributed by atoms with E-state index in [0.29, 0.717) is 25.0 Å². The molecule has 1 aromatic rings. The third-order valence-electron chi connectivity index (χ3n) is 1.93. The highest BCUT2D eigenvalue weighted by Gasteiger charge is 2.03. The van der Waals surface area contributed by atoms with Crippen LogP contribution in [0.4, 0.5) is 0 Å². The standard InChI is InChI=1S/C12H14O3/c13-10-6-2-5-9-12(14)15-11-7-3-1-4-8-11/h1,3-4,7-8,10H,2,5-6,9H2. The van der Waals surface area contributed by atoms with Gasteiger partial charge in [-0.25, -0.2) is 0 Å². The molecule has 0 aliphatic heterocycles. The van der Waals surface area contributed by atoms with Crippen LogP contribution < -0.4 is 4.74 Å². The zero-order valence-electron chi connectivity index (χ0n) is 8.52. The van der Waals surface area contributed by atoms with Crippen LogP contribution in [0, 0.1) is 0 Å². The molecule has 0 aliphatic rings. The number of esters is 1. The van der Waals surface area contributed by atoms with Crippen LogP contribution >= 0.6 is 0 Å². The van der Waals surface area contributed by atoms with E-state index in [4.69, 9.17) is 4.74 Å². The van der Waals surface area contributed by atoms with Gasteiger partial charge in [-0.15, -0.1) is 0 Å². The van der Waals surface area contributed by atoms with Crippen molar-refractivity contribution in [3.8, 4) is 5.75 Å². The van der Waals surface area contributed by atoms with E-state index < -0.39 is 0 Å². The third kappa shape index (κ3) is 4.96. The molecule has 0 saturated carbocycles. The summed E-state index contributed by atoms with van der Waals surface area (Å²) in [4.78, 5) is 21.3. The Morgan fingerprint density at radius 3 is 2.60 bits per heavy atom. The van der Waals surface area contributed by atoms with Gasteiger partial charge in [-0.3, -0.25) is 4.79 Å². The molecule has 80 valence electrons. The Bertz CT molecular complexity index is 306. The maximum absolute atomic E-state index is 11.3. The first-order valence-corrected chi connectivity index (χ1v) is 5.02. The molecule has 1 rings (SSSR count). The molecule has 0 atom stereocenters. The predicted octanol–water partition coefficient (Wildman–Crippen LogP) is 2.35. The van der Waals surface area contributed by atoms with Crippen molar-refractivity contribution in [2.45, 2.75) is 25.7 Å². The van der Waals surface area contributed by atoms with Crippen LogP contribution in [0.5, 0.6) is 5.75 Å². The molecule has 0 radical (unpaired) electrons. The number of ether oxygens (including phenoxy) is 1. The van der Waals surface area contributed by atoms with Gasteiger partial charge in [0.1, 0.15) is 12.0 Å². The van der Waals surface area contributed by atoms with Crippen molar-refractivity contribution >= 4 is 12.3 Å². The fourth-order valence-electron chi connectivity index (χ4n) is 1.17. The number of benzene rings is 1. The fraction of sp³-hybridized carbons (Fsp3) is 0.333. The summed E-state index contributed by atoms with van der Waals surface area (Å²) in [5.41, 5.74) is 0. The Hall–Kier alpha value is -1.64. The fourth-order valence-corrected chi connectivity index (χ4v) is 1.17. The van der Waals surface area contributed by atoms with Crippen molar-refractivity contribution in [2.24, 2.45) is 0 Å². The van der Waals surface area contributed by atoms with E-state index in [1.165, 1.54) is 0 Å². The quantitative estimate of drug-likeness (QED) is 0.310. The summed E-state index contributed by atoms with van der Waals surface area (Å²) < 4.78 is 5.07. The second kappa shape index (κ2) is 6.76. The van der Waals surface area contributed by atoms with Crippen LogP contribution in [0.25, 0.3) is 0 Å². The summed E-state index contributed by atoms with van der Waals surface area (Å²) in [6.45, 7) is 0. The van der Waals surface area contributed by atoms with Gasteiger partial charge in [0.25, 0.3) is 0 Å². The van der Waals surface area contributed by atoms with Gasteiger partial charge in [0.2, 0.25) is 0 Å². The van der Waals surface area contributed by atoms with Crippen LogP contribution in [0.15, 0.2) is 30.3 Å². The molecule has 0 spiro atoms. The summed E-state index contributed by atoms with van der Waals surface area (Å²) in [5.74, 6) is 0.324. The molecule has 15 heavy (non-hydrogen) atoms. The molecule has 0 saturated heterocycles. The number of carbonyl (C=O) groups is 2. The smallest absolute Gasteiger partial charge is 0.311 e. The lowest BCUT2D eigenvalue weighted by Crippen LogP contribution is -2.07. The second-order valence-electron chi connectivity index (χ2n) is 3.20. The van der Waals surface area contributed by atoms with E-state index in [9.17, 15) is 9.59 Å². The number of hydrogen-bond acceptors (Lipinski definition) is 3. The molecule has 0 bridgehead atoms. The first kappa shape index (κ1) is 11.4. The number of rotatable bonds is 6. The van der Waals surface area contributed by atoms with Gasteiger partial charge < -0.3 is 9.53 Å². The molecular weight excluding hydrogens is 192 g/mol. The zero-order chi connectivity index (χ0) is 10.9. The second-order valence-corrected chi connectivity index (χ2v) is 3.20. The minimum atomic E-state index is -0.243. The van der Waals surface area contributed by atoms with Crippen molar-refractivity contribution in [3.05, 3.63) is 30.3 Å². The van der Waals surface area contributed by atoms with E-state index >= 15 is 0 Å². The summed E-state index contributed by atoms with van der Waals surface area (Å²) in [5, 5.41) is 0. The van der Waals surface area contributed by atoms with E-state index in [1.54, 1.807) is 12.1 Å². The van der Waals surface area contributed by atoms with Crippen molar-refractivity contribution in [1.29, 1.82) is 0 Å². The predicted molar refractivity (Wildman–Crippen MR) is 56.6 cm³/mol. The summed E-state index contributed by atoms with van der Waals surface area (Å²) in [7, 11) is 0. The minimum absolute atomic E-state index is 0.243. The maximum Gasteiger partial charge on any atom is 0.311 e. The molecule has 0 aliphatic carbocycles.